The fraction of sp³-hybridized carbons (Fsp3) is 0.459. The molecule has 2 bridgehead atoms. The number of aromatic hydroxyl groups is 1. The summed E-state index contributed by atoms with van der Waals surface area (Å²) in [6.07, 6.45) is 9.89. The topological polar surface area (TPSA) is 73.8 Å². The van der Waals surface area contributed by atoms with Crippen molar-refractivity contribution in [3.05, 3.63) is 53.8 Å². The second-order valence-electron chi connectivity index (χ2n) is 14.6. The van der Waals surface area contributed by atoms with Gasteiger partial charge in [-0.25, -0.2) is 13.2 Å². The van der Waals surface area contributed by atoms with Gasteiger partial charge in [0.1, 0.15) is 17.1 Å². The number of phenols is 1. The minimum Gasteiger partial charge on any atom is -0.508 e. The number of nitrogens with one attached hydrogen (secondary N) is 1. The van der Waals surface area contributed by atoms with Crippen LogP contribution in [0.25, 0.3) is 32.8 Å². The first-order valence-electron chi connectivity index (χ1n) is 16.7. The summed E-state index contributed by atoms with van der Waals surface area (Å²) in [7, 11) is 0. The average molecular weight is 640 g/mol. The molecule has 5 fully saturated rings. The van der Waals surface area contributed by atoms with Crippen LogP contribution in [0.3, 0.4) is 0 Å². The Morgan fingerprint density at radius 1 is 1.02 bits per heavy atom. The van der Waals surface area contributed by atoms with Crippen LogP contribution >= 0.6 is 0 Å². The van der Waals surface area contributed by atoms with E-state index in [1.54, 1.807) is 18.2 Å². The van der Waals surface area contributed by atoms with Gasteiger partial charge in [-0.15, -0.1) is 6.42 Å². The molecule has 3 aromatic carbocycles. The molecule has 3 saturated heterocycles. The van der Waals surface area contributed by atoms with Crippen molar-refractivity contribution in [2.24, 2.45) is 17.3 Å². The van der Waals surface area contributed by atoms with E-state index in [9.17, 15) is 13.9 Å². The van der Waals surface area contributed by atoms with E-state index in [0.29, 0.717) is 71.4 Å². The lowest BCUT2D eigenvalue weighted by molar-refractivity contribution is -0.152. The number of nitrogens with zero attached hydrogens (tertiary/aromatic N) is 4. The Kier molecular flexibility index (Phi) is 6.48. The average Bonchev–Trinajstić information content (AvgIpc) is 3.61. The highest BCUT2D eigenvalue weighted by molar-refractivity contribution is 6.04. The number of terminal acetylenes is 1. The summed E-state index contributed by atoms with van der Waals surface area (Å²) in [5, 5.41) is 16.2. The summed E-state index contributed by atoms with van der Waals surface area (Å²) in [6.45, 7) is 3.69. The number of hydrogen-bond donors (Lipinski definition) is 2. The van der Waals surface area contributed by atoms with Crippen LogP contribution in [0, 0.1) is 35.4 Å². The number of ether oxygens (including phenoxy) is 1. The van der Waals surface area contributed by atoms with E-state index in [2.05, 4.69) is 26.0 Å². The molecule has 4 unspecified atom stereocenters. The molecule has 4 heterocycles. The second kappa shape index (κ2) is 10.5. The van der Waals surface area contributed by atoms with Crippen LogP contribution in [0.2, 0.25) is 0 Å². The molecule has 0 spiro atoms. The summed E-state index contributed by atoms with van der Waals surface area (Å²) < 4.78 is 51.2. The molecule has 3 aliphatic heterocycles. The van der Waals surface area contributed by atoms with Gasteiger partial charge in [0.05, 0.1) is 6.61 Å². The van der Waals surface area contributed by atoms with Crippen LogP contribution in [0.5, 0.6) is 11.8 Å². The lowest BCUT2D eigenvalue weighted by Crippen LogP contribution is -2.51. The molecular weight excluding hydrogens is 603 g/mol. The van der Waals surface area contributed by atoms with Crippen molar-refractivity contribution >= 4 is 27.5 Å². The van der Waals surface area contributed by atoms with Crippen molar-refractivity contribution in [3.63, 3.8) is 0 Å². The molecule has 0 amide bonds. The third-order valence-corrected chi connectivity index (χ3v) is 11.3. The van der Waals surface area contributed by atoms with Crippen molar-refractivity contribution in [2.75, 3.05) is 44.2 Å². The molecular formula is C37H36F3N5O2. The van der Waals surface area contributed by atoms with Gasteiger partial charge in [0.15, 0.2) is 5.82 Å². The maximum atomic E-state index is 16.9. The first-order chi connectivity index (χ1) is 22.7. The Labute approximate surface area is 271 Å². The molecule has 0 radical (unpaired) electrons. The summed E-state index contributed by atoms with van der Waals surface area (Å²) in [6, 6.07) is 13.0. The van der Waals surface area contributed by atoms with Gasteiger partial charge in [-0.3, -0.25) is 0 Å². The molecule has 2 saturated carbocycles. The van der Waals surface area contributed by atoms with E-state index in [0.717, 1.165) is 38.8 Å². The number of fused-ring (bicyclic) bond motifs is 5. The predicted octanol–water partition coefficient (Wildman–Crippen LogP) is 5.96. The van der Waals surface area contributed by atoms with Gasteiger partial charge in [-0.2, -0.15) is 9.97 Å². The normalized spacial score (nSPS) is 27.1. The number of likely N-dealkylation sites (tertiary alicyclic amines) is 1. The van der Waals surface area contributed by atoms with Gasteiger partial charge in [0.25, 0.3) is 5.92 Å². The second-order valence-corrected chi connectivity index (χ2v) is 14.6. The van der Waals surface area contributed by atoms with Crippen LogP contribution < -0.4 is 15.0 Å². The highest BCUT2D eigenvalue weighted by Crippen LogP contribution is 2.54. The molecule has 7 nitrogen and oxygen atoms in total. The van der Waals surface area contributed by atoms with Gasteiger partial charge in [-0.05, 0) is 66.8 Å². The van der Waals surface area contributed by atoms with E-state index in [1.165, 1.54) is 6.07 Å². The van der Waals surface area contributed by atoms with E-state index < -0.39 is 17.7 Å². The zero-order chi connectivity index (χ0) is 32.1. The standard InChI is InChI=1S/C37H36F3N5O2/c1-2-21-4-3-5-22-12-26(46)13-29(31(21)22)27-8-9-28-33(32(27)38)42-35(43-34(28)45-16-24-6-7-25(17-45)41-24)47-20-36(10-11-36)19-44-15-23-14-37(39,40)30(23)18-44/h1,3-5,8-9,12-13,23-25,30,41,46H,6-7,10-11,14-20H2. The number of aromatic nitrogens is 2. The molecule has 9 rings (SSSR count). The Balaban J connectivity index is 1.08. The number of phenolic OH excluding ortho intramolecular Hbond substituents is 1. The molecule has 242 valence electrons. The molecule has 5 aliphatic rings. The molecule has 2 N–H and O–H groups in total. The van der Waals surface area contributed by atoms with Crippen LogP contribution in [-0.4, -0.2) is 77.3 Å². The predicted molar refractivity (Wildman–Crippen MR) is 174 cm³/mol. The first kappa shape index (κ1) is 29.1. The Morgan fingerprint density at radius 3 is 2.55 bits per heavy atom. The third kappa shape index (κ3) is 4.89. The minimum atomic E-state index is -2.54. The van der Waals surface area contributed by atoms with Gasteiger partial charge >= 0.3 is 6.01 Å². The number of benzene rings is 3. The van der Waals surface area contributed by atoms with Crippen molar-refractivity contribution in [1.29, 1.82) is 0 Å². The largest absolute Gasteiger partial charge is 0.508 e. The molecule has 10 heteroatoms. The highest BCUT2D eigenvalue weighted by Gasteiger charge is 2.60. The summed E-state index contributed by atoms with van der Waals surface area (Å²) in [5.41, 5.74) is 1.36. The zero-order valence-corrected chi connectivity index (χ0v) is 26.0. The molecule has 2 aliphatic carbocycles. The SMILES string of the molecule is C#Cc1cccc2cc(O)cc(-c3ccc4c(N5CC6CCC(C5)N6)nc(OCC5(CN6CC7CC(F)(F)C7C6)CC5)nc4c3F)c12. The van der Waals surface area contributed by atoms with Crippen molar-refractivity contribution in [2.45, 2.75) is 50.1 Å². The number of anilines is 1. The van der Waals surface area contributed by atoms with Gasteiger partial charge < -0.3 is 25.0 Å². The third-order valence-electron chi connectivity index (χ3n) is 11.3. The van der Waals surface area contributed by atoms with E-state index in [1.807, 2.05) is 18.2 Å². The number of rotatable bonds is 7. The van der Waals surface area contributed by atoms with Crippen molar-refractivity contribution in [1.82, 2.24) is 20.2 Å². The van der Waals surface area contributed by atoms with Gasteiger partial charge in [0, 0.05) is 84.5 Å². The molecule has 4 aromatic rings. The number of alkyl halides is 2. The first-order valence-corrected chi connectivity index (χ1v) is 16.7. The van der Waals surface area contributed by atoms with Crippen molar-refractivity contribution < 1.29 is 23.0 Å². The lowest BCUT2D eigenvalue weighted by atomic mass is 9.72. The number of halogens is 3. The van der Waals surface area contributed by atoms with E-state index in [-0.39, 0.29) is 40.6 Å². The lowest BCUT2D eigenvalue weighted by Gasteiger charge is -2.38. The van der Waals surface area contributed by atoms with Crippen molar-refractivity contribution in [3.8, 4) is 35.2 Å². The van der Waals surface area contributed by atoms with E-state index >= 15 is 4.39 Å². The fourth-order valence-electron chi connectivity index (χ4n) is 8.69. The van der Waals surface area contributed by atoms with Crippen LogP contribution in [0.4, 0.5) is 19.0 Å². The van der Waals surface area contributed by atoms with Gasteiger partial charge in [0.2, 0.25) is 0 Å². The monoisotopic (exact) mass is 639 g/mol. The summed E-state index contributed by atoms with van der Waals surface area (Å²) in [4.78, 5) is 13.9. The summed E-state index contributed by atoms with van der Waals surface area (Å²) in [5.74, 6) is -0.174. The van der Waals surface area contributed by atoms with Crippen LogP contribution in [0.15, 0.2) is 42.5 Å². The molecule has 1 aromatic heterocycles. The number of hydrogen-bond acceptors (Lipinski definition) is 7. The minimum absolute atomic E-state index is 0.00486. The van der Waals surface area contributed by atoms with Crippen LogP contribution in [0.1, 0.15) is 37.7 Å². The molecule has 47 heavy (non-hydrogen) atoms. The quantitative estimate of drug-likeness (QED) is 0.242. The highest BCUT2D eigenvalue weighted by atomic mass is 19.3. The zero-order valence-electron chi connectivity index (χ0n) is 26.0. The summed E-state index contributed by atoms with van der Waals surface area (Å²) >= 11 is 0. The maximum Gasteiger partial charge on any atom is 0.319 e. The maximum absolute atomic E-state index is 16.9. The smallest absolute Gasteiger partial charge is 0.319 e. The Bertz CT molecular complexity index is 1960. The number of piperazine rings is 1. The molecule has 4 atom stereocenters. The Morgan fingerprint density at radius 2 is 1.83 bits per heavy atom. The van der Waals surface area contributed by atoms with E-state index in [4.69, 9.17) is 16.1 Å². The fourth-order valence-corrected chi connectivity index (χ4v) is 8.69. The Hall–Kier alpha value is -4.07. The van der Waals surface area contributed by atoms with Gasteiger partial charge in [-0.1, -0.05) is 24.1 Å². The van der Waals surface area contributed by atoms with Crippen LogP contribution in [-0.2, 0) is 0 Å².